The van der Waals surface area contributed by atoms with E-state index in [2.05, 4.69) is 82.8 Å². The molecule has 4 nitrogen and oxygen atoms in total. The van der Waals surface area contributed by atoms with Gasteiger partial charge in [0, 0.05) is 32.7 Å². The maximum atomic E-state index is 12.2. The molecule has 0 aromatic carbocycles. The summed E-state index contributed by atoms with van der Waals surface area (Å²) in [6.07, 6.45) is 1.78. The van der Waals surface area contributed by atoms with Crippen LogP contribution in [0, 0.1) is 10.8 Å². The Morgan fingerprint density at radius 1 is 0.960 bits per heavy atom. The first-order valence-corrected chi connectivity index (χ1v) is 13.3. The minimum atomic E-state index is -0.397. The van der Waals surface area contributed by atoms with Crippen LogP contribution >= 0.6 is 45.2 Å². The second-order valence-electron chi connectivity index (χ2n) is 8.26. The van der Waals surface area contributed by atoms with E-state index in [9.17, 15) is 4.79 Å². The van der Waals surface area contributed by atoms with Gasteiger partial charge in [-0.3, -0.25) is 4.79 Å². The van der Waals surface area contributed by atoms with Gasteiger partial charge >= 0.3 is 5.97 Å². The average molecular weight is 582 g/mol. The standard InChI is InChI=1S/C17H34N2O2.2CH3I/c1-16(2,3)14-17(4,5)15(20)21-13-7-8-19-11-9-18(6)10-12-19;2*1-2/h7-14H2,1-6H3;2*1H3. The predicted molar refractivity (Wildman–Crippen MR) is 127 cm³/mol. The van der Waals surface area contributed by atoms with Crippen LogP contribution in [0.25, 0.3) is 0 Å². The van der Waals surface area contributed by atoms with Crippen LogP contribution in [0.15, 0.2) is 0 Å². The van der Waals surface area contributed by atoms with Crippen molar-refractivity contribution in [3.63, 3.8) is 0 Å². The SMILES string of the molecule is CI.CI.CN1CCN(CCCOC(=O)C(C)(C)CC(C)(C)C)CC1. The molecule has 1 saturated heterocycles. The van der Waals surface area contributed by atoms with Gasteiger partial charge in [-0.2, -0.15) is 0 Å². The second kappa shape index (κ2) is 14.9. The Morgan fingerprint density at radius 2 is 1.44 bits per heavy atom. The molecule has 1 heterocycles. The number of nitrogens with zero attached hydrogens (tertiary/aromatic N) is 2. The van der Waals surface area contributed by atoms with Gasteiger partial charge in [0.15, 0.2) is 0 Å². The van der Waals surface area contributed by atoms with Gasteiger partial charge in [-0.25, -0.2) is 0 Å². The van der Waals surface area contributed by atoms with Crippen molar-refractivity contribution in [2.75, 3.05) is 56.2 Å². The highest BCUT2D eigenvalue weighted by Crippen LogP contribution is 2.34. The zero-order valence-electron chi connectivity index (χ0n) is 17.6. The number of carbonyl (C=O) groups is 1. The van der Waals surface area contributed by atoms with Crippen LogP contribution in [-0.2, 0) is 9.53 Å². The molecule has 0 bridgehead atoms. The van der Waals surface area contributed by atoms with Crippen LogP contribution in [0.1, 0.15) is 47.5 Å². The summed E-state index contributed by atoms with van der Waals surface area (Å²) in [7, 11) is 2.16. The third-order valence-corrected chi connectivity index (χ3v) is 3.97. The fourth-order valence-corrected chi connectivity index (χ4v) is 3.12. The van der Waals surface area contributed by atoms with Gasteiger partial charge in [-0.1, -0.05) is 66.0 Å². The zero-order valence-corrected chi connectivity index (χ0v) is 21.9. The van der Waals surface area contributed by atoms with Gasteiger partial charge in [0.1, 0.15) is 0 Å². The third kappa shape index (κ3) is 14.6. The highest BCUT2D eigenvalue weighted by molar-refractivity contribution is 14.1. The van der Waals surface area contributed by atoms with Crippen molar-refractivity contribution in [1.82, 2.24) is 9.80 Å². The summed E-state index contributed by atoms with van der Waals surface area (Å²) in [5, 5.41) is 0. The molecule has 0 N–H and O–H groups in total. The lowest BCUT2D eigenvalue weighted by molar-refractivity contribution is -0.155. The summed E-state index contributed by atoms with van der Waals surface area (Å²) in [6, 6.07) is 0. The first kappa shape index (κ1) is 28.1. The summed E-state index contributed by atoms with van der Waals surface area (Å²) in [4.78, 5) is 20.9. The van der Waals surface area contributed by atoms with E-state index in [-0.39, 0.29) is 11.4 Å². The molecule has 152 valence electrons. The summed E-state index contributed by atoms with van der Waals surface area (Å²) in [5.41, 5.74) is -0.256. The van der Waals surface area contributed by atoms with Gasteiger partial charge < -0.3 is 14.5 Å². The Morgan fingerprint density at radius 3 is 1.88 bits per heavy atom. The lowest BCUT2D eigenvalue weighted by Crippen LogP contribution is -2.44. The Balaban J connectivity index is 0. The molecule has 1 aliphatic heterocycles. The minimum absolute atomic E-state index is 0.0594. The van der Waals surface area contributed by atoms with E-state index in [1.807, 2.05) is 23.7 Å². The maximum Gasteiger partial charge on any atom is 0.311 e. The number of carbonyl (C=O) groups excluding carboxylic acids is 1. The average Bonchev–Trinajstić information content (AvgIpc) is 2.54. The van der Waals surface area contributed by atoms with Crippen molar-refractivity contribution in [2.24, 2.45) is 10.8 Å². The molecule has 0 unspecified atom stereocenters. The third-order valence-electron chi connectivity index (χ3n) is 3.97. The summed E-state index contributed by atoms with van der Waals surface area (Å²) in [6.45, 7) is 16.6. The molecule has 0 atom stereocenters. The monoisotopic (exact) mass is 582 g/mol. The molecular weight excluding hydrogens is 542 g/mol. The van der Waals surface area contributed by atoms with E-state index < -0.39 is 5.41 Å². The van der Waals surface area contributed by atoms with Gasteiger partial charge in [0.25, 0.3) is 0 Å². The maximum absolute atomic E-state index is 12.2. The molecule has 0 aromatic rings. The first-order chi connectivity index (χ1) is 11.6. The largest absolute Gasteiger partial charge is 0.465 e. The Kier molecular flexibility index (Phi) is 16.7. The molecular formula is C19H40I2N2O2. The van der Waals surface area contributed by atoms with Crippen LogP contribution in [0.4, 0.5) is 0 Å². The molecule has 1 aliphatic rings. The summed E-state index contributed by atoms with van der Waals surface area (Å²) < 4.78 is 5.49. The molecule has 0 radical (unpaired) electrons. The zero-order chi connectivity index (χ0) is 20.1. The molecule has 0 amide bonds. The van der Waals surface area contributed by atoms with Crippen LogP contribution in [0.3, 0.4) is 0 Å². The van der Waals surface area contributed by atoms with E-state index in [1.165, 1.54) is 0 Å². The number of piperazine rings is 1. The molecule has 1 fully saturated rings. The fraction of sp³-hybridized carbons (Fsp3) is 0.947. The van der Waals surface area contributed by atoms with E-state index in [0.29, 0.717) is 6.61 Å². The number of esters is 1. The smallest absolute Gasteiger partial charge is 0.311 e. The number of ether oxygens (including phenoxy) is 1. The molecule has 0 saturated carbocycles. The number of likely N-dealkylation sites (N-methyl/N-ethyl adjacent to an activating group) is 1. The van der Waals surface area contributed by atoms with E-state index >= 15 is 0 Å². The normalized spacial score (nSPS) is 16.2. The number of alkyl halides is 2. The predicted octanol–water partition coefficient (Wildman–Crippen LogP) is 4.73. The van der Waals surface area contributed by atoms with Crippen LogP contribution < -0.4 is 0 Å². The van der Waals surface area contributed by atoms with Crippen molar-refractivity contribution in [2.45, 2.75) is 47.5 Å². The lowest BCUT2D eigenvalue weighted by atomic mass is 9.76. The molecule has 0 aliphatic carbocycles. The highest BCUT2D eigenvalue weighted by atomic mass is 127. The fourth-order valence-electron chi connectivity index (χ4n) is 3.12. The molecule has 6 heteroatoms. The summed E-state index contributed by atoms with van der Waals surface area (Å²) in [5.74, 6) is -0.0594. The van der Waals surface area contributed by atoms with Gasteiger partial charge in [0.2, 0.25) is 0 Å². The number of hydrogen-bond acceptors (Lipinski definition) is 4. The van der Waals surface area contributed by atoms with Crippen LogP contribution in [0.5, 0.6) is 0 Å². The number of rotatable bonds is 6. The number of hydrogen-bond donors (Lipinski definition) is 0. The lowest BCUT2D eigenvalue weighted by Gasteiger charge is -2.32. The quantitative estimate of drug-likeness (QED) is 0.196. The molecule has 0 aromatic heterocycles. The molecule has 25 heavy (non-hydrogen) atoms. The van der Waals surface area contributed by atoms with Crippen molar-refractivity contribution in [1.29, 1.82) is 0 Å². The van der Waals surface area contributed by atoms with E-state index in [4.69, 9.17) is 4.74 Å². The molecule has 0 spiro atoms. The van der Waals surface area contributed by atoms with E-state index in [0.717, 1.165) is 45.6 Å². The van der Waals surface area contributed by atoms with E-state index in [1.54, 1.807) is 0 Å². The first-order valence-electron chi connectivity index (χ1n) is 8.94. The van der Waals surface area contributed by atoms with Crippen LogP contribution in [0.2, 0.25) is 0 Å². The van der Waals surface area contributed by atoms with Crippen molar-refractivity contribution in [3.8, 4) is 0 Å². The van der Waals surface area contributed by atoms with Gasteiger partial charge in [-0.05, 0) is 49.0 Å². The Labute approximate surface area is 184 Å². The Bertz CT molecular complexity index is 337. The van der Waals surface area contributed by atoms with Crippen molar-refractivity contribution < 1.29 is 9.53 Å². The summed E-state index contributed by atoms with van der Waals surface area (Å²) >= 11 is 4.30. The topological polar surface area (TPSA) is 32.8 Å². The highest BCUT2D eigenvalue weighted by Gasteiger charge is 2.33. The van der Waals surface area contributed by atoms with Crippen LogP contribution in [-0.4, -0.2) is 72.0 Å². The van der Waals surface area contributed by atoms with Crippen molar-refractivity contribution in [3.05, 3.63) is 0 Å². The second-order valence-corrected chi connectivity index (χ2v) is 8.26. The Hall–Kier alpha value is 0.850. The van der Waals surface area contributed by atoms with Crippen molar-refractivity contribution >= 4 is 51.2 Å². The number of halogens is 2. The van der Waals surface area contributed by atoms with Gasteiger partial charge in [0.05, 0.1) is 12.0 Å². The minimum Gasteiger partial charge on any atom is -0.465 e. The molecule has 1 rings (SSSR count). The van der Waals surface area contributed by atoms with Gasteiger partial charge in [-0.15, -0.1) is 0 Å².